The summed E-state index contributed by atoms with van der Waals surface area (Å²) in [6, 6.07) is 19.8. The molecule has 1 heterocycles. The van der Waals surface area contributed by atoms with E-state index in [0.29, 0.717) is 55.1 Å². The lowest BCUT2D eigenvalue weighted by Gasteiger charge is -2.38. The summed E-state index contributed by atoms with van der Waals surface area (Å²) in [5.74, 6) is 7.67. The molecule has 7 rings (SSSR count). The average Bonchev–Trinajstić information content (AvgIpc) is 3.12. The van der Waals surface area contributed by atoms with Crippen molar-refractivity contribution in [2.75, 3.05) is 0 Å². The van der Waals surface area contributed by atoms with Crippen LogP contribution in [0.2, 0.25) is 33.2 Å². The van der Waals surface area contributed by atoms with Crippen molar-refractivity contribution in [3.05, 3.63) is 92.2 Å². The van der Waals surface area contributed by atoms with E-state index >= 15 is 0 Å². The molecular formula is C48H52N2O2Si2. The van der Waals surface area contributed by atoms with E-state index in [2.05, 4.69) is 130 Å². The van der Waals surface area contributed by atoms with Crippen LogP contribution in [0.4, 0.5) is 0 Å². The number of hydrogen-bond acceptors (Lipinski definition) is 4. The van der Waals surface area contributed by atoms with Crippen LogP contribution in [0.15, 0.2) is 70.3 Å². The van der Waals surface area contributed by atoms with E-state index < -0.39 is 27.0 Å². The van der Waals surface area contributed by atoms with E-state index in [1.807, 2.05) is 24.3 Å². The zero-order valence-electron chi connectivity index (χ0n) is 33.9. The molecule has 1 aromatic heterocycles. The molecule has 274 valence electrons. The van der Waals surface area contributed by atoms with Gasteiger partial charge in [-0.05, 0) is 33.2 Å². The Morgan fingerprint density at radius 3 is 1.02 bits per heavy atom. The zero-order chi connectivity index (χ0) is 39.0. The van der Waals surface area contributed by atoms with Crippen LogP contribution in [-0.4, -0.2) is 26.1 Å². The Bertz CT molecular complexity index is 2630. The third-order valence-corrected chi connectivity index (χ3v) is 25.5. The first kappa shape index (κ1) is 37.7. The van der Waals surface area contributed by atoms with Gasteiger partial charge in [-0.15, -0.1) is 11.1 Å². The molecule has 7 aromatic rings. The van der Waals surface area contributed by atoms with Gasteiger partial charge in [0.05, 0.1) is 22.2 Å². The molecule has 6 aromatic carbocycles. The molecule has 0 fully saturated rings. The molecule has 0 N–H and O–H groups in total. The van der Waals surface area contributed by atoms with E-state index in [1.54, 1.807) is 12.1 Å². The summed E-state index contributed by atoms with van der Waals surface area (Å²) < 4.78 is 0. The molecular weight excluding hydrogens is 693 g/mol. The fraction of sp³-hybridized carbons (Fsp3) is 0.375. The standard InChI is InChI=1S/C48H52N2O2Si2/c1-27(2)53(28(3)4,29(5)6)25-23-35-33-17-13-14-18-34(33)36(24-26-54(30(7)8,31(9)10)32(11)12)44-43(35)49-45-37-19-15-21-39-41(37)42-38(46(45)50-44)20-16-22-40(42)48(52)47(39)51/h13-22,27-32H,1-12H3. The van der Waals surface area contributed by atoms with Crippen LogP contribution in [0.1, 0.15) is 94.2 Å². The molecule has 6 heteroatoms. The lowest BCUT2D eigenvalue weighted by molar-refractivity contribution is 0.838. The fourth-order valence-electron chi connectivity index (χ4n) is 10.5. The van der Waals surface area contributed by atoms with Crippen molar-refractivity contribution in [2.24, 2.45) is 0 Å². The third-order valence-electron chi connectivity index (χ3n) is 13.0. The Morgan fingerprint density at radius 2 is 0.704 bits per heavy atom. The van der Waals surface area contributed by atoms with Crippen LogP contribution >= 0.6 is 0 Å². The van der Waals surface area contributed by atoms with Gasteiger partial charge in [-0.25, -0.2) is 9.97 Å². The van der Waals surface area contributed by atoms with Gasteiger partial charge in [0.2, 0.25) is 10.9 Å². The van der Waals surface area contributed by atoms with Gasteiger partial charge in [0.15, 0.2) is 0 Å². The highest BCUT2D eigenvalue weighted by Gasteiger charge is 2.43. The molecule has 0 aliphatic rings. The van der Waals surface area contributed by atoms with Gasteiger partial charge in [0.1, 0.15) is 27.2 Å². The molecule has 4 nitrogen and oxygen atoms in total. The normalized spacial score (nSPS) is 12.9. The maximum absolute atomic E-state index is 13.5. The second kappa shape index (κ2) is 13.6. The predicted octanol–water partition coefficient (Wildman–Crippen LogP) is 12.1. The van der Waals surface area contributed by atoms with Gasteiger partial charge in [-0.3, -0.25) is 9.59 Å². The summed E-state index contributed by atoms with van der Waals surface area (Å²) >= 11 is 0. The van der Waals surface area contributed by atoms with Gasteiger partial charge in [-0.2, -0.15) is 0 Å². The minimum Gasteiger partial charge on any atom is -0.285 e. The summed E-state index contributed by atoms with van der Waals surface area (Å²) in [6.45, 7) is 28.1. The minimum atomic E-state index is -2.13. The topological polar surface area (TPSA) is 59.9 Å². The molecule has 0 aliphatic heterocycles. The van der Waals surface area contributed by atoms with E-state index in [0.717, 1.165) is 54.5 Å². The Hall–Kier alpha value is -4.63. The summed E-state index contributed by atoms with van der Waals surface area (Å²) in [7, 11) is -4.26. The van der Waals surface area contributed by atoms with Crippen LogP contribution in [-0.2, 0) is 0 Å². The zero-order valence-corrected chi connectivity index (χ0v) is 35.9. The average molecular weight is 745 g/mol. The molecule has 0 saturated heterocycles. The Morgan fingerprint density at radius 1 is 0.407 bits per heavy atom. The van der Waals surface area contributed by atoms with E-state index in [9.17, 15) is 9.59 Å². The molecule has 0 saturated carbocycles. The highest BCUT2D eigenvalue weighted by atomic mass is 28.3. The van der Waals surface area contributed by atoms with Crippen molar-refractivity contribution in [1.29, 1.82) is 0 Å². The van der Waals surface area contributed by atoms with Crippen LogP contribution in [0.5, 0.6) is 0 Å². The largest absolute Gasteiger partial charge is 0.285 e. The molecule has 54 heavy (non-hydrogen) atoms. The Balaban J connectivity index is 1.75. The summed E-state index contributed by atoms with van der Waals surface area (Å²) in [5, 5.41) is 6.11. The summed E-state index contributed by atoms with van der Waals surface area (Å²) in [6.07, 6.45) is 0. The third kappa shape index (κ3) is 5.32. The van der Waals surface area contributed by atoms with Crippen molar-refractivity contribution >= 4 is 81.3 Å². The fourth-order valence-corrected chi connectivity index (χ4v) is 20.9. The molecule has 0 bridgehead atoms. The summed E-state index contributed by atoms with van der Waals surface area (Å²) in [4.78, 5) is 38.1. The Kier molecular flexibility index (Phi) is 9.48. The molecule has 0 aliphatic carbocycles. The molecule has 0 spiro atoms. The number of rotatable bonds is 6. The first-order chi connectivity index (χ1) is 25.6. The number of hydrogen-bond donors (Lipinski definition) is 0. The van der Waals surface area contributed by atoms with Crippen LogP contribution in [0, 0.1) is 22.9 Å². The maximum Gasteiger partial charge on any atom is 0.234 e. The highest BCUT2D eigenvalue weighted by Crippen LogP contribution is 2.44. The first-order valence-corrected chi connectivity index (χ1v) is 24.2. The predicted molar refractivity (Wildman–Crippen MR) is 238 cm³/mol. The monoisotopic (exact) mass is 744 g/mol. The number of fused-ring (bicyclic) bond motifs is 5. The van der Waals surface area contributed by atoms with Crippen molar-refractivity contribution in [1.82, 2.24) is 9.97 Å². The number of benzene rings is 6. The van der Waals surface area contributed by atoms with Crippen molar-refractivity contribution in [2.45, 2.75) is 116 Å². The van der Waals surface area contributed by atoms with Gasteiger partial charge in [0.25, 0.3) is 0 Å². The first-order valence-electron chi connectivity index (χ1n) is 19.8. The quantitative estimate of drug-likeness (QED) is 0.0559. The lowest BCUT2D eigenvalue weighted by atomic mass is 9.91. The lowest BCUT2D eigenvalue weighted by Crippen LogP contribution is -2.43. The van der Waals surface area contributed by atoms with Crippen LogP contribution in [0.3, 0.4) is 0 Å². The smallest absolute Gasteiger partial charge is 0.234 e. The van der Waals surface area contributed by atoms with Crippen molar-refractivity contribution < 1.29 is 0 Å². The van der Waals surface area contributed by atoms with Crippen LogP contribution < -0.4 is 10.9 Å². The van der Waals surface area contributed by atoms with Crippen molar-refractivity contribution in [3.63, 3.8) is 0 Å². The maximum atomic E-state index is 13.5. The second-order valence-electron chi connectivity index (χ2n) is 17.3. The van der Waals surface area contributed by atoms with Gasteiger partial charge < -0.3 is 0 Å². The van der Waals surface area contributed by atoms with Gasteiger partial charge in [-0.1, -0.05) is 156 Å². The molecule has 0 atom stereocenters. The minimum absolute atomic E-state index is 0.425. The Labute approximate surface area is 321 Å². The number of aromatic nitrogens is 2. The van der Waals surface area contributed by atoms with E-state index in [4.69, 9.17) is 9.97 Å². The van der Waals surface area contributed by atoms with E-state index in [1.165, 1.54) is 0 Å². The molecule has 0 amide bonds. The second-order valence-corrected chi connectivity index (χ2v) is 28.5. The highest BCUT2D eigenvalue weighted by molar-refractivity contribution is 6.91. The molecule has 0 radical (unpaired) electrons. The van der Waals surface area contributed by atoms with Crippen molar-refractivity contribution in [3.8, 4) is 22.9 Å². The van der Waals surface area contributed by atoms with Gasteiger partial charge in [0, 0.05) is 43.1 Å². The SMILES string of the molecule is CC(C)[Si](C#Cc1c2ccccc2c(C#C[Si](C(C)C)(C(C)C)C(C)C)c2nc3c4cccc5c(=O)c(=O)c6cccc(c3nc12)c6c54)(C(C)C)C(C)C. The molecule has 0 unspecified atom stereocenters. The summed E-state index contributed by atoms with van der Waals surface area (Å²) in [5.41, 5.74) is 14.5. The number of nitrogens with zero attached hydrogens (tertiary/aromatic N) is 2. The van der Waals surface area contributed by atoms with Gasteiger partial charge >= 0.3 is 0 Å². The van der Waals surface area contributed by atoms with Crippen LogP contribution in [0.25, 0.3) is 65.2 Å². The van der Waals surface area contributed by atoms with E-state index in [-0.39, 0.29) is 0 Å².